The molecule has 0 unspecified atom stereocenters. The number of unbranched alkanes of at least 4 members (excludes halogenated alkanes) is 5. The lowest BCUT2D eigenvalue weighted by atomic mass is 9.96. The summed E-state index contributed by atoms with van der Waals surface area (Å²) in [6, 6.07) is 3.91. The molecular formula is C50H83I3N6O8. The van der Waals surface area contributed by atoms with Crippen molar-refractivity contribution in [3.05, 3.63) is 28.4 Å². The van der Waals surface area contributed by atoms with Gasteiger partial charge in [-0.15, -0.1) is 0 Å². The molecule has 0 spiro atoms. The average Bonchev–Trinajstić information content (AvgIpc) is 3.26. The molecule has 0 aliphatic heterocycles. The molecule has 382 valence electrons. The third-order valence-electron chi connectivity index (χ3n) is 11.6. The van der Waals surface area contributed by atoms with E-state index in [0.717, 1.165) is 107 Å². The second-order valence-corrected chi connectivity index (χ2v) is 22.6. The fourth-order valence-corrected chi connectivity index (χ4v) is 9.54. The summed E-state index contributed by atoms with van der Waals surface area (Å²) in [7, 11) is 0. The summed E-state index contributed by atoms with van der Waals surface area (Å²) in [6.07, 6.45) is 12.6. The number of nitrogens with one attached hydrogen (secondary N) is 6. The molecule has 0 saturated heterocycles. The zero-order valence-electron chi connectivity index (χ0n) is 41.7. The fraction of sp³-hybridized carbons (Fsp3) is 0.740. The van der Waals surface area contributed by atoms with Crippen molar-refractivity contribution < 1.29 is 38.3 Å². The van der Waals surface area contributed by atoms with Crippen LogP contribution in [0.4, 0.5) is 4.79 Å². The van der Waals surface area contributed by atoms with Gasteiger partial charge in [0.15, 0.2) is 0 Å². The van der Waals surface area contributed by atoms with Crippen molar-refractivity contribution in [2.45, 2.75) is 170 Å². The molecule has 6 N–H and O–H groups in total. The normalized spacial score (nSPS) is 13.6. The second-order valence-electron chi connectivity index (χ2n) is 19.2. The Morgan fingerprint density at radius 1 is 0.478 bits per heavy atom. The molecule has 17 heteroatoms. The molecule has 0 radical (unpaired) electrons. The van der Waals surface area contributed by atoms with Crippen LogP contribution in [0.5, 0.6) is 0 Å². The molecule has 1 aromatic carbocycles. The lowest BCUT2D eigenvalue weighted by Gasteiger charge is -2.19. The van der Waals surface area contributed by atoms with Gasteiger partial charge in [-0.25, -0.2) is 4.79 Å². The molecule has 0 aliphatic carbocycles. The standard InChI is InChI=1S/C50H83I3N6O8/c1-34(42(60)25-19-31-58-48(65)40-32-39(51)33-41(52)43(40)53)20-9-14-26-54-44(61)35(2)21-10-15-27-55-45(62)36(3)22-11-16-28-56-46(63)37(4)23-12-17-29-57-47(64)38(5)24-13-18-30-59-49(66)67-50(6,7)8/h32-38H,9-31H2,1-8H3,(H,54,61)(H,55,62)(H,56,63)(H,57,64)(H,58,65)(H,59,66)/t34-,35-,36-,37-,38-/m0/s1. The number of rotatable bonds is 35. The van der Waals surface area contributed by atoms with E-state index in [-0.39, 0.29) is 64.9 Å². The van der Waals surface area contributed by atoms with Crippen LogP contribution in [-0.4, -0.2) is 86.3 Å². The van der Waals surface area contributed by atoms with E-state index >= 15 is 0 Å². The van der Waals surface area contributed by atoms with Gasteiger partial charge in [-0.2, -0.15) is 0 Å². The molecule has 14 nitrogen and oxygen atoms in total. The van der Waals surface area contributed by atoms with Crippen LogP contribution >= 0.6 is 67.8 Å². The predicted octanol–water partition coefficient (Wildman–Crippen LogP) is 9.60. The Kier molecular flexibility index (Phi) is 33.5. The molecule has 1 rings (SSSR count). The molecule has 1 aromatic rings. The molecule has 0 heterocycles. The number of alkyl carbamates (subject to hydrolysis) is 1. The Hall–Kier alpha value is -2.30. The summed E-state index contributed by atoms with van der Waals surface area (Å²) in [5.74, 6) is -0.295. The van der Waals surface area contributed by atoms with Crippen molar-refractivity contribution in [3.8, 4) is 0 Å². The number of hydrogen-bond donors (Lipinski definition) is 6. The van der Waals surface area contributed by atoms with Gasteiger partial charge in [0, 0.05) is 86.0 Å². The zero-order valence-corrected chi connectivity index (χ0v) is 48.2. The largest absolute Gasteiger partial charge is 0.444 e. The number of Topliss-reactive ketones (excluding diaryl/α,β-unsaturated/α-hetero) is 1. The average molecular weight is 1280 g/mol. The summed E-state index contributed by atoms with van der Waals surface area (Å²) < 4.78 is 8.21. The number of ketones is 1. The Labute approximate surface area is 443 Å². The van der Waals surface area contributed by atoms with Gasteiger partial charge in [0.1, 0.15) is 11.4 Å². The van der Waals surface area contributed by atoms with Crippen LogP contribution in [0, 0.1) is 40.3 Å². The topological polar surface area (TPSA) is 201 Å². The van der Waals surface area contributed by atoms with Gasteiger partial charge in [0.2, 0.25) is 23.6 Å². The lowest BCUT2D eigenvalue weighted by Crippen LogP contribution is -2.33. The van der Waals surface area contributed by atoms with Crippen LogP contribution < -0.4 is 31.9 Å². The van der Waals surface area contributed by atoms with Gasteiger partial charge in [-0.1, -0.05) is 66.7 Å². The molecule has 5 atom stereocenters. The molecule has 6 amide bonds. The number of halogens is 3. The zero-order chi connectivity index (χ0) is 50.4. The maximum atomic E-state index is 12.6. The smallest absolute Gasteiger partial charge is 0.407 e. The highest BCUT2D eigenvalue weighted by Gasteiger charge is 2.19. The molecule has 67 heavy (non-hydrogen) atoms. The van der Waals surface area contributed by atoms with E-state index in [1.807, 2.05) is 67.5 Å². The first-order valence-corrected chi connectivity index (χ1v) is 27.9. The van der Waals surface area contributed by atoms with Gasteiger partial charge in [0.05, 0.1) is 5.56 Å². The first-order valence-electron chi connectivity index (χ1n) is 24.7. The summed E-state index contributed by atoms with van der Waals surface area (Å²) in [4.78, 5) is 87.3. The summed E-state index contributed by atoms with van der Waals surface area (Å²) >= 11 is 6.63. The van der Waals surface area contributed by atoms with E-state index in [1.165, 1.54) is 0 Å². The fourth-order valence-electron chi connectivity index (χ4n) is 7.14. The lowest BCUT2D eigenvalue weighted by molar-refractivity contribution is -0.125. The quantitative estimate of drug-likeness (QED) is 0.0219. The molecule has 0 fully saturated rings. The van der Waals surface area contributed by atoms with E-state index in [4.69, 9.17) is 4.74 Å². The third-order valence-corrected chi connectivity index (χ3v) is 15.3. The number of carbonyl (C=O) groups is 7. The van der Waals surface area contributed by atoms with Gasteiger partial charge in [-0.3, -0.25) is 28.8 Å². The predicted molar refractivity (Wildman–Crippen MR) is 293 cm³/mol. The molecule has 0 saturated carbocycles. The van der Waals surface area contributed by atoms with E-state index in [0.29, 0.717) is 57.7 Å². The van der Waals surface area contributed by atoms with E-state index in [1.54, 1.807) is 0 Å². The van der Waals surface area contributed by atoms with Gasteiger partial charge >= 0.3 is 6.09 Å². The summed E-state index contributed by atoms with van der Waals surface area (Å²) in [5, 5.41) is 17.8. The number of amides is 6. The van der Waals surface area contributed by atoms with E-state index in [2.05, 4.69) is 99.7 Å². The maximum Gasteiger partial charge on any atom is 0.407 e. The Bertz CT molecular complexity index is 1690. The molecular weight excluding hydrogens is 1190 g/mol. The van der Waals surface area contributed by atoms with Crippen LogP contribution in [0.3, 0.4) is 0 Å². The number of ether oxygens (including phenoxy) is 1. The van der Waals surface area contributed by atoms with Crippen LogP contribution in [-0.2, 0) is 28.7 Å². The SMILES string of the molecule is C[C@@H](CCCCNC(=O)[C@@H](C)CCCCNC(=O)[C@@H](C)CCCCNC(=O)[C@@H](C)CCCCNC(=O)[C@@H](C)CCCCNC(=O)OC(C)(C)C)C(=O)CCCNC(=O)c1cc(I)cc(I)c1I. The number of benzene rings is 1. The minimum atomic E-state index is -0.525. The molecule has 0 aromatic heterocycles. The highest BCUT2D eigenvalue weighted by atomic mass is 127. The minimum absolute atomic E-state index is 0.0284. The van der Waals surface area contributed by atoms with Crippen molar-refractivity contribution >= 4 is 109 Å². The van der Waals surface area contributed by atoms with Gasteiger partial charge < -0.3 is 36.6 Å². The highest BCUT2D eigenvalue weighted by molar-refractivity contribution is 14.1. The Morgan fingerprint density at radius 2 is 0.821 bits per heavy atom. The summed E-state index contributed by atoms with van der Waals surface area (Å²) in [5.41, 5.74) is 0.137. The minimum Gasteiger partial charge on any atom is -0.444 e. The van der Waals surface area contributed by atoms with E-state index in [9.17, 15) is 33.6 Å². The van der Waals surface area contributed by atoms with Gasteiger partial charge in [-0.05, 0) is 171 Å². The van der Waals surface area contributed by atoms with Crippen molar-refractivity contribution in [1.82, 2.24) is 31.9 Å². The Balaban J connectivity index is 2.04. The van der Waals surface area contributed by atoms with E-state index < -0.39 is 11.7 Å². The second kappa shape index (κ2) is 35.7. The van der Waals surface area contributed by atoms with Crippen molar-refractivity contribution in [3.63, 3.8) is 0 Å². The van der Waals surface area contributed by atoms with Crippen LogP contribution in [0.2, 0.25) is 0 Å². The van der Waals surface area contributed by atoms with Crippen LogP contribution in [0.25, 0.3) is 0 Å². The van der Waals surface area contributed by atoms with Crippen molar-refractivity contribution in [2.75, 3.05) is 39.3 Å². The number of carbonyl (C=O) groups excluding carboxylic acids is 7. The van der Waals surface area contributed by atoms with Crippen LogP contribution in [0.1, 0.15) is 175 Å². The van der Waals surface area contributed by atoms with Gasteiger partial charge in [0.25, 0.3) is 5.91 Å². The summed E-state index contributed by atoms with van der Waals surface area (Å²) in [6.45, 7) is 18.4. The molecule has 0 aliphatic rings. The van der Waals surface area contributed by atoms with Crippen molar-refractivity contribution in [1.29, 1.82) is 0 Å². The monoisotopic (exact) mass is 1280 g/mol. The first-order chi connectivity index (χ1) is 31.6. The molecule has 0 bridgehead atoms. The third kappa shape index (κ3) is 30.1. The Morgan fingerprint density at radius 3 is 1.19 bits per heavy atom. The number of hydrogen-bond acceptors (Lipinski definition) is 8. The maximum absolute atomic E-state index is 12.6. The van der Waals surface area contributed by atoms with Crippen molar-refractivity contribution in [2.24, 2.45) is 29.6 Å². The highest BCUT2D eigenvalue weighted by Crippen LogP contribution is 2.23. The first kappa shape index (κ1) is 62.7. The van der Waals surface area contributed by atoms with Crippen LogP contribution in [0.15, 0.2) is 12.1 Å².